The van der Waals surface area contributed by atoms with Crippen molar-refractivity contribution in [1.82, 2.24) is 0 Å². The van der Waals surface area contributed by atoms with Crippen molar-refractivity contribution in [1.29, 1.82) is 0 Å². The van der Waals surface area contributed by atoms with Crippen LogP contribution in [0.15, 0.2) is 23.1 Å². The van der Waals surface area contributed by atoms with Crippen LogP contribution >= 0.6 is 0 Å². The van der Waals surface area contributed by atoms with Crippen LogP contribution in [0.25, 0.3) is 0 Å². The zero-order valence-corrected chi connectivity index (χ0v) is 11.0. The van der Waals surface area contributed by atoms with Crippen LogP contribution in [0.2, 0.25) is 0 Å². The van der Waals surface area contributed by atoms with Crippen molar-refractivity contribution in [2.45, 2.75) is 39.9 Å². The first kappa shape index (κ1) is 14.0. The Bertz CT molecular complexity index is 361. The monoisotopic (exact) mass is 238 g/mol. The maximum absolute atomic E-state index is 10.2. The van der Waals surface area contributed by atoms with E-state index < -0.39 is 12.2 Å². The van der Waals surface area contributed by atoms with Gasteiger partial charge in [-0.3, -0.25) is 0 Å². The first-order valence-corrected chi connectivity index (χ1v) is 5.94. The molecule has 3 heteroatoms. The number of furan rings is 1. The number of aryl methyl sites for hydroxylation is 2. The summed E-state index contributed by atoms with van der Waals surface area (Å²) < 4.78 is 5.47. The minimum absolute atomic E-state index is 0.0585. The van der Waals surface area contributed by atoms with E-state index in [4.69, 9.17) is 4.42 Å². The molecule has 4 atom stereocenters. The Morgan fingerprint density at radius 3 is 2.29 bits per heavy atom. The van der Waals surface area contributed by atoms with Crippen LogP contribution in [0, 0.1) is 25.7 Å². The molecule has 0 bridgehead atoms. The molecule has 1 aromatic heterocycles. The molecular weight excluding hydrogens is 216 g/mol. The summed E-state index contributed by atoms with van der Waals surface area (Å²) >= 11 is 0. The first-order valence-electron chi connectivity index (χ1n) is 5.94. The number of hydrogen-bond acceptors (Lipinski definition) is 3. The second-order valence-corrected chi connectivity index (χ2v) is 4.78. The van der Waals surface area contributed by atoms with Crippen LogP contribution in [0.5, 0.6) is 0 Å². The van der Waals surface area contributed by atoms with Gasteiger partial charge in [0.2, 0.25) is 0 Å². The topological polar surface area (TPSA) is 53.6 Å². The molecule has 0 spiro atoms. The predicted molar refractivity (Wildman–Crippen MR) is 67.7 cm³/mol. The Labute approximate surface area is 103 Å². The minimum atomic E-state index is -0.792. The lowest BCUT2D eigenvalue weighted by molar-refractivity contribution is -0.00664. The van der Waals surface area contributed by atoms with Crippen molar-refractivity contribution in [2.75, 3.05) is 0 Å². The van der Waals surface area contributed by atoms with E-state index in [1.807, 2.05) is 33.8 Å². The van der Waals surface area contributed by atoms with Gasteiger partial charge >= 0.3 is 0 Å². The van der Waals surface area contributed by atoms with Gasteiger partial charge in [0, 0.05) is 11.8 Å². The molecule has 0 radical (unpaired) electrons. The Morgan fingerprint density at radius 1 is 1.29 bits per heavy atom. The van der Waals surface area contributed by atoms with Crippen molar-refractivity contribution < 1.29 is 14.6 Å². The summed E-state index contributed by atoms with van der Waals surface area (Å²) in [5.74, 6) is 0.963. The lowest BCUT2D eigenvalue weighted by Gasteiger charge is -2.25. The maximum Gasteiger partial charge on any atom is 0.133 e. The van der Waals surface area contributed by atoms with E-state index in [9.17, 15) is 10.2 Å². The first-order chi connectivity index (χ1) is 7.88. The van der Waals surface area contributed by atoms with Crippen LogP contribution in [-0.4, -0.2) is 16.3 Å². The van der Waals surface area contributed by atoms with Gasteiger partial charge in [-0.25, -0.2) is 0 Å². The third-order valence-electron chi connectivity index (χ3n) is 3.42. The van der Waals surface area contributed by atoms with Gasteiger partial charge in [-0.15, -0.1) is 6.58 Å². The number of aliphatic hydroxyl groups is 2. The van der Waals surface area contributed by atoms with Crippen LogP contribution in [-0.2, 0) is 0 Å². The molecule has 0 amide bonds. The van der Waals surface area contributed by atoms with Gasteiger partial charge in [-0.05, 0) is 25.5 Å². The largest absolute Gasteiger partial charge is 0.463 e. The molecule has 0 unspecified atom stereocenters. The second kappa shape index (κ2) is 5.52. The molecular formula is C14H22O3. The minimum Gasteiger partial charge on any atom is -0.463 e. The van der Waals surface area contributed by atoms with Crippen LogP contribution in [0.1, 0.15) is 37.0 Å². The van der Waals surface area contributed by atoms with E-state index in [1.165, 1.54) is 0 Å². The second-order valence-electron chi connectivity index (χ2n) is 4.78. The fourth-order valence-corrected chi connectivity index (χ4v) is 1.81. The van der Waals surface area contributed by atoms with Crippen molar-refractivity contribution in [3.63, 3.8) is 0 Å². The van der Waals surface area contributed by atoms with Crippen molar-refractivity contribution in [3.05, 3.63) is 35.8 Å². The SMILES string of the molecule is C=C[C@@H](C)[C@@H](O)[C@@H](C)[C@H](O)c1cc(C)c(C)o1. The molecule has 0 aliphatic rings. The molecule has 0 aliphatic carbocycles. The fourth-order valence-electron chi connectivity index (χ4n) is 1.81. The Morgan fingerprint density at radius 2 is 1.88 bits per heavy atom. The zero-order valence-electron chi connectivity index (χ0n) is 11.0. The van der Waals surface area contributed by atoms with Gasteiger partial charge < -0.3 is 14.6 Å². The number of rotatable bonds is 5. The van der Waals surface area contributed by atoms with Gasteiger partial charge in [-0.1, -0.05) is 19.9 Å². The Hall–Kier alpha value is -1.06. The molecule has 2 N–H and O–H groups in total. The van der Waals surface area contributed by atoms with E-state index in [1.54, 1.807) is 6.08 Å². The summed E-state index contributed by atoms with van der Waals surface area (Å²) in [6, 6.07) is 1.82. The summed E-state index contributed by atoms with van der Waals surface area (Å²) in [5.41, 5.74) is 1.01. The van der Waals surface area contributed by atoms with Crippen LogP contribution in [0.4, 0.5) is 0 Å². The van der Waals surface area contributed by atoms with Crippen molar-refractivity contribution in [3.8, 4) is 0 Å². The summed E-state index contributed by atoms with van der Waals surface area (Å²) in [6.07, 6.45) is 0.264. The third kappa shape index (κ3) is 2.99. The van der Waals surface area contributed by atoms with Gasteiger partial charge in [0.05, 0.1) is 6.10 Å². The molecule has 1 rings (SSSR count). The molecule has 1 aromatic rings. The lowest BCUT2D eigenvalue weighted by atomic mass is 9.88. The van der Waals surface area contributed by atoms with Gasteiger partial charge in [0.1, 0.15) is 17.6 Å². The summed E-state index contributed by atoms with van der Waals surface area (Å²) in [4.78, 5) is 0. The fraction of sp³-hybridized carbons (Fsp3) is 0.571. The molecule has 1 heterocycles. The van der Waals surface area contributed by atoms with Gasteiger partial charge in [0.25, 0.3) is 0 Å². The summed E-state index contributed by atoms with van der Waals surface area (Å²) in [6.45, 7) is 11.1. The van der Waals surface area contributed by atoms with Crippen LogP contribution < -0.4 is 0 Å². The van der Waals surface area contributed by atoms with E-state index in [-0.39, 0.29) is 11.8 Å². The normalized spacial score (nSPS) is 18.5. The van der Waals surface area contributed by atoms with Crippen molar-refractivity contribution in [2.24, 2.45) is 11.8 Å². The summed E-state index contributed by atoms with van der Waals surface area (Å²) in [7, 11) is 0. The highest BCUT2D eigenvalue weighted by Crippen LogP contribution is 2.30. The highest BCUT2D eigenvalue weighted by atomic mass is 16.4. The standard InChI is InChI=1S/C14H22O3/c1-6-8(2)13(15)10(4)14(16)12-7-9(3)11(5)17-12/h6-8,10,13-16H,1H2,2-5H3/t8-,10-,13-,14+/m1/s1. The quantitative estimate of drug-likeness (QED) is 0.775. The molecule has 0 aromatic carbocycles. The highest BCUT2D eigenvalue weighted by Gasteiger charge is 2.28. The molecule has 0 saturated heterocycles. The van der Waals surface area contributed by atoms with Gasteiger partial charge in [0.15, 0.2) is 0 Å². The van der Waals surface area contributed by atoms with Crippen LogP contribution in [0.3, 0.4) is 0 Å². The molecule has 0 fully saturated rings. The molecule has 0 saturated carbocycles. The Kier molecular flexibility index (Phi) is 4.54. The average Bonchev–Trinajstić information content (AvgIpc) is 2.65. The predicted octanol–water partition coefficient (Wildman–Crippen LogP) is 2.75. The molecule has 96 valence electrons. The molecule has 0 aliphatic heterocycles. The zero-order chi connectivity index (χ0) is 13.2. The maximum atomic E-state index is 10.2. The average molecular weight is 238 g/mol. The number of hydrogen-bond donors (Lipinski definition) is 2. The van der Waals surface area contributed by atoms with E-state index >= 15 is 0 Å². The smallest absolute Gasteiger partial charge is 0.133 e. The van der Waals surface area contributed by atoms with Gasteiger partial charge in [-0.2, -0.15) is 0 Å². The lowest BCUT2D eigenvalue weighted by Crippen LogP contribution is -2.28. The summed E-state index contributed by atoms with van der Waals surface area (Å²) in [5, 5.41) is 20.2. The molecule has 3 nitrogen and oxygen atoms in total. The highest BCUT2D eigenvalue weighted by molar-refractivity contribution is 5.20. The molecule has 17 heavy (non-hydrogen) atoms. The van der Waals surface area contributed by atoms with E-state index in [0.717, 1.165) is 11.3 Å². The van der Waals surface area contributed by atoms with E-state index in [2.05, 4.69) is 6.58 Å². The van der Waals surface area contributed by atoms with E-state index in [0.29, 0.717) is 5.76 Å². The Balaban J connectivity index is 2.82. The number of aliphatic hydroxyl groups excluding tert-OH is 2. The third-order valence-corrected chi connectivity index (χ3v) is 3.42. The van der Waals surface area contributed by atoms with Crippen molar-refractivity contribution >= 4 is 0 Å².